The Bertz CT molecular complexity index is 741. The summed E-state index contributed by atoms with van der Waals surface area (Å²) in [6.07, 6.45) is 5.25. The molecule has 140 valence electrons. The van der Waals surface area contributed by atoms with Gasteiger partial charge in [-0.2, -0.15) is 5.10 Å². The van der Waals surface area contributed by atoms with Gasteiger partial charge in [0.2, 0.25) is 5.91 Å². The van der Waals surface area contributed by atoms with Gasteiger partial charge in [0, 0.05) is 23.1 Å². The van der Waals surface area contributed by atoms with Crippen molar-refractivity contribution in [3.05, 3.63) is 29.3 Å². The molecule has 1 aromatic carbocycles. The summed E-state index contributed by atoms with van der Waals surface area (Å²) in [6, 6.07) is 7.14. The Morgan fingerprint density at radius 3 is 2.88 bits per heavy atom. The highest BCUT2D eigenvalue weighted by atomic mass is 35.5. The van der Waals surface area contributed by atoms with Gasteiger partial charge >= 0.3 is 0 Å². The number of aromatic nitrogens is 2. The van der Waals surface area contributed by atoms with Gasteiger partial charge in [-0.3, -0.25) is 9.89 Å². The van der Waals surface area contributed by atoms with E-state index >= 15 is 0 Å². The van der Waals surface area contributed by atoms with Gasteiger partial charge < -0.3 is 15.0 Å². The number of piperidine rings is 1. The van der Waals surface area contributed by atoms with Crippen LogP contribution in [0.1, 0.15) is 32.1 Å². The van der Waals surface area contributed by atoms with Crippen molar-refractivity contribution in [3.63, 3.8) is 0 Å². The van der Waals surface area contributed by atoms with Crippen LogP contribution < -0.4 is 10.1 Å². The summed E-state index contributed by atoms with van der Waals surface area (Å²) in [5.74, 6) is 1.25. The Kier molecular flexibility index (Phi) is 6.52. The van der Waals surface area contributed by atoms with Crippen LogP contribution >= 0.6 is 11.6 Å². The van der Waals surface area contributed by atoms with Crippen molar-refractivity contribution in [1.82, 2.24) is 15.1 Å². The van der Waals surface area contributed by atoms with Crippen LogP contribution in [0.25, 0.3) is 11.3 Å². The minimum Gasteiger partial charge on any atom is -0.496 e. The van der Waals surface area contributed by atoms with Crippen LogP contribution in [0.15, 0.2) is 24.3 Å². The fourth-order valence-electron chi connectivity index (χ4n) is 3.26. The van der Waals surface area contributed by atoms with E-state index in [0.29, 0.717) is 28.7 Å². The van der Waals surface area contributed by atoms with Gasteiger partial charge in [0.1, 0.15) is 11.6 Å². The molecule has 0 aliphatic carbocycles. The SMILES string of the molecule is COc1ccc(Cl)cc1-c1cc(NC(=O)CCCN2CCCCC2)[nH]n1. The number of carbonyl (C=O) groups excluding carboxylic acids is 1. The molecule has 0 radical (unpaired) electrons. The van der Waals surface area contributed by atoms with Crippen LogP contribution in [-0.2, 0) is 4.79 Å². The molecule has 0 spiro atoms. The summed E-state index contributed by atoms with van der Waals surface area (Å²) in [6.45, 7) is 3.31. The van der Waals surface area contributed by atoms with Crippen molar-refractivity contribution in [2.45, 2.75) is 32.1 Å². The zero-order valence-electron chi connectivity index (χ0n) is 15.1. The van der Waals surface area contributed by atoms with Crippen molar-refractivity contribution >= 4 is 23.3 Å². The largest absolute Gasteiger partial charge is 0.496 e. The van der Waals surface area contributed by atoms with E-state index in [1.807, 2.05) is 0 Å². The number of halogens is 1. The number of ether oxygens (including phenoxy) is 1. The Balaban J connectivity index is 1.53. The van der Waals surface area contributed by atoms with E-state index in [-0.39, 0.29) is 5.91 Å². The lowest BCUT2D eigenvalue weighted by atomic mass is 10.1. The number of benzene rings is 1. The number of likely N-dealkylation sites (tertiary alicyclic amines) is 1. The van der Waals surface area contributed by atoms with Gasteiger partial charge in [-0.15, -0.1) is 0 Å². The molecule has 7 heteroatoms. The topological polar surface area (TPSA) is 70.2 Å². The van der Waals surface area contributed by atoms with Crippen LogP contribution in [0.5, 0.6) is 5.75 Å². The van der Waals surface area contributed by atoms with Crippen molar-refractivity contribution < 1.29 is 9.53 Å². The van der Waals surface area contributed by atoms with Crippen LogP contribution in [-0.4, -0.2) is 47.7 Å². The van der Waals surface area contributed by atoms with Gasteiger partial charge in [-0.25, -0.2) is 0 Å². The Morgan fingerprint density at radius 2 is 2.12 bits per heavy atom. The maximum atomic E-state index is 12.2. The van der Waals surface area contributed by atoms with E-state index in [0.717, 1.165) is 31.6 Å². The summed E-state index contributed by atoms with van der Waals surface area (Å²) in [4.78, 5) is 14.6. The van der Waals surface area contributed by atoms with Gasteiger partial charge in [0.05, 0.1) is 12.8 Å². The van der Waals surface area contributed by atoms with Crippen LogP contribution in [0.4, 0.5) is 5.82 Å². The minimum absolute atomic E-state index is 0.00438. The number of H-pyrrole nitrogens is 1. The standard InChI is InChI=1S/C19H25ClN4O2/c1-26-17-8-7-14(20)12-15(17)16-13-18(23-22-16)21-19(25)6-5-11-24-9-3-2-4-10-24/h7-8,12-13H,2-6,9-11H2,1H3,(H2,21,22,23,25). The predicted octanol–water partition coefficient (Wildman–Crippen LogP) is 3.94. The van der Waals surface area contributed by atoms with Gasteiger partial charge in [0.25, 0.3) is 0 Å². The summed E-state index contributed by atoms with van der Waals surface area (Å²) < 4.78 is 5.35. The number of nitrogens with zero attached hydrogens (tertiary/aromatic N) is 2. The van der Waals surface area contributed by atoms with E-state index in [4.69, 9.17) is 16.3 Å². The molecule has 1 aliphatic rings. The molecule has 3 rings (SSSR count). The molecule has 1 aromatic heterocycles. The highest BCUT2D eigenvalue weighted by Gasteiger charge is 2.13. The zero-order chi connectivity index (χ0) is 18.4. The average Bonchev–Trinajstić information content (AvgIpc) is 3.11. The number of rotatable bonds is 7. The van der Waals surface area contributed by atoms with Gasteiger partial charge in [-0.1, -0.05) is 18.0 Å². The second kappa shape index (κ2) is 9.05. The molecule has 0 saturated carbocycles. The molecule has 1 aliphatic heterocycles. The number of anilines is 1. The van der Waals surface area contributed by atoms with Crippen molar-refractivity contribution in [2.24, 2.45) is 0 Å². The zero-order valence-corrected chi connectivity index (χ0v) is 15.8. The van der Waals surface area contributed by atoms with E-state index < -0.39 is 0 Å². The van der Waals surface area contributed by atoms with Crippen LogP contribution in [0.2, 0.25) is 5.02 Å². The average molecular weight is 377 g/mol. The monoisotopic (exact) mass is 376 g/mol. The first kappa shape index (κ1) is 18.7. The maximum absolute atomic E-state index is 12.2. The molecule has 1 amide bonds. The third-order valence-electron chi connectivity index (χ3n) is 4.62. The third kappa shape index (κ3) is 4.99. The second-order valence-electron chi connectivity index (χ2n) is 6.57. The number of amides is 1. The number of aromatic amines is 1. The first-order chi connectivity index (χ1) is 12.7. The predicted molar refractivity (Wildman–Crippen MR) is 104 cm³/mol. The van der Waals surface area contributed by atoms with Crippen LogP contribution in [0, 0.1) is 0 Å². The molecule has 0 unspecified atom stereocenters. The van der Waals surface area contributed by atoms with E-state index in [2.05, 4.69) is 20.4 Å². The molecule has 2 N–H and O–H groups in total. The number of carbonyl (C=O) groups is 1. The molecule has 0 atom stereocenters. The Labute approximate surface area is 158 Å². The number of nitrogens with one attached hydrogen (secondary N) is 2. The second-order valence-corrected chi connectivity index (χ2v) is 7.00. The van der Waals surface area contributed by atoms with E-state index in [9.17, 15) is 4.79 Å². The molecular weight excluding hydrogens is 352 g/mol. The quantitative estimate of drug-likeness (QED) is 0.767. The van der Waals surface area contributed by atoms with E-state index in [1.54, 1.807) is 31.4 Å². The maximum Gasteiger partial charge on any atom is 0.225 e. The summed E-state index contributed by atoms with van der Waals surface area (Å²) in [7, 11) is 1.60. The van der Waals surface area contributed by atoms with Gasteiger partial charge in [0.15, 0.2) is 0 Å². The highest BCUT2D eigenvalue weighted by molar-refractivity contribution is 6.31. The number of methoxy groups -OCH3 is 1. The lowest BCUT2D eigenvalue weighted by molar-refractivity contribution is -0.116. The minimum atomic E-state index is -0.00438. The summed E-state index contributed by atoms with van der Waals surface area (Å²) in [5, 5.41) is 10.6. The third-order valence-corrected chi connectivity index (χ3v) is 4.85. The normalized spacial score (nSPS) is 15.0. The van der Waals surface area contributed by atoms with Crippen molar-refractivity contribution in [1.29, 1.82) is 0 Å². The highest BCUT2D eigenvalue weighted by Crippen LogP contribution is 2.32. The lowest BCUT2D eigenvalue weighted by Crippen LogP contribution is -2.31. The summed E-state index contributed by atoms with van der Waals surface area (Å²) in [5.41, 5.74) is 1.45. The molecule has 2 heterocycles. The molecule has 6 nitrogen and oxygen atoms in total. The molecule has 26 heavy (non-hydrogen) atoms. The number of hydrogen-bond donors (Lipinski definition) is 2. The summed E-state index contributed by atoms with van der Waals surface area (Å²) >= 11 is 6.07. The lowest BCUT2D eigenvalue weighted by Gasteiger charge is -2.26. The van der Waals surface area contributed by atoms with E-state index in [1.165, 1.54) is 19.3 Å². The Hall–Kier alpha value is -2.05. The first-order valence-electron chi connectivity index (χ1n) is 9.07. The Morgan fingerprint density at radius 1 is 1.31 bits per heavy atom. The molecule has 1 saturated heterocycles. The molecule has 0 bridgehead atoms. The van der Waals surface area contributed by atoms with Crippen LogP contribution in [0.3, 0.4) is 0 Å². The van der Waals surface area contributed by atoms with Crippen molar-refractivity contribution in [3.8, 4) is 17.0 Å². The van der Waals surface area contributed by atoms with Crippen molar-refractivity contribution in [2.75, 3.05) is 32.1 Å². The first-order valence-corrected chi connectivity index (χ1v) is 9.45. The molecule has 1 fully saturated rings. The molecule has 2 aromatic rings. The fraction of sp³-hybridized carbons (Fsp3) is 0.474. The number of hydrogen-bond acceptors (Lipinski definition) is 4. The fourth-order valence-corrected chi connectivity index (χ4v) is 3.44. The smallest absolute Gasteiger partial charge is 0.225 e. The molecular formula is C19H25ClN4O2. The van der Waals surface area contributed by atoms with Gasteiger partial charge in [-0.05, 0) is 57.1 Å².